The predicted octanol–water partition coefficient (Wildman–Crippen LogP) is 3.79. The fraction of sp³-hybridized carbons (Fsp3) is 0.238. The molecule has 1 aliphatic rings. The van der Waals surface area contributed by atoms with Gasteiger partial charge in [-0.2, -0.15) is 0 Å². The maximum Gasteiger partial charge on any atom is 0.273 e. The number of ether oxygens (including phenoxy) is 1. The number of hydrogen-bond acceptors (Lipinski definition) is 8. The molecule has 9 heteroatoms. The van der Waals surface area contributed by atoms with Crippen LogP contribution in [0.1, 0.15) is 10.5 Å². The van der Waals surface area contributed by atoms with E-state index in [0.717, 1.165) is 44.9 Å². The van der Waals surface area contributed by atoms with Crippen molar-refractivity contribution in [3.63, 3.8) is 0 Å². The first-order chi connectivity index (χ1) is 14.7. The Morgan fingerprint density at radius 1 is 1.07 bits per heavy atom. The lowest BCUT2D eigenvalue weighted by molar-refractivity contribution is 0.0742. The summed E-state index contributed by atoms with van der Waals surface area (Å²) in [6, 6.07) is 11.6. The Balaban J connectivity index is 1.27. The van der Waals surface area contributed by atoms with Gasteiger partial charge >= 0.3 is 0 Å². The standard InChI is InChI=1S/C21H19N5O2S2/c1-28-17-7-3-2-5-14(17)18-23-16(13-29-18)20(27)25-9-11-26(12-10-25)21-24-15-6-4-8-22-19(15)30-21/h2-8,13H,9-12H2,1H3. The Morgan fingerprint density at radius 3 is 2.70 bits per heavy atom. The van der Waals surface area contributed by atoms with E-state index in [9.17, 15) is 4.79 Å². The van der Waals surface area contributed by atoms with Gasteiger partial charge in [0.25, 0.3) is 5.91 Å². The van der Waals surface area contributed by atoms with Crippen LogP contribution in [0.5, 0.6) is 5.75 Å². The van der Waals surface area contributed by atoms with Crippen molar-refractivity contribution in [1.29, 1.82) is 0 Å². The molecule has 5 rings (SSSR count). The minimum absolute atomic E-state index is 0.0296. The van der Waals surface area contributed by atoms with Crippen molar-refractivity contribution in [3.8, 4) is 16.3 Å². The molecule has 4 heterocycles. The van der Waals surface area contributed by atoms with Gasteiger partial charge in [-0.25, -0.2) is 15.0 Å². The number of methoxy groups -OCH3 is 1. The Labute approximate surface area is 181 Å². The maximum atomic E-state index is 13.0. The number of anilines is 1. The number of nitrogens with zero attached hydrogens (tertiary/aromatic N) is 5. The van der Waals surface area contributed by atoms with E-state index in [-0.39, 0.29) is 5.91 Å². The quantitative estimate of drug-likeness (QED) is 0.484. The van der Waals surface area contributed by atoms with Gasteiger partial charge in [0.2, 0.25) is 0 Å². The number of amides is 1. The van der Waals surface area contributed by atoms with Gasteiger partial charge in [0, 0.05) is 37.8 Å². The van der Waals surface area contributed by atoms with E-state index >= 15 is 0 Å². The summed E-state index contributed by atoms with van der Waals surface area (Å²) >= 11 is 3.05. The third-order valence-corrected chi connectivity index (χ3v) is 6.97. The molecule has 0 saturated carbocycles. The normalized spacial score (nSPS) is 14.3. The van der Waals surface area contributed by atoms with Crippen LogP contribution in [-0.4, -0.2) is 59.0 Å². The van der Waals surface area contributed by atoms with Gasteiger partial charge in [-0.05, 0) is 24.3 Å². The number of fused-ring (bicyclic) bond motifs is 1. The van der Waals surface area contributed by atoms with Crippen molar-refractivity contribution < 1.29 is 9.53 Å². The highest BCUT2D eigenvalue weighted by Crippen LogP contribution is 2.32. The molecule has 0 radical (unpaired) electrons. The highest BCUT2D eigenvalue weighted by atomic mass is 32.1. The minimum Gasteiger partial charge on any atom is -0.496 e. The Morgan fingerprint density at radius 2 is 1.90 bits per heavy atom. The lowest BCUT2D eigenvalue weighted by Crippen LogP contribution is -2.48. The summed E-state index contributed by atoms with van der Waals surface area (Å²) < 4.78 is 5.42. The number of rotatable bonds is 4. The highest BCUT2D eigenvalue weighted by molar-refractivity contribution is 7.21. The first-order valence-corrected chi connectivity index (χ1v) is 11.3. The molecule has 0 spiro atoms. The SMILES string of the molecule is COc1ccccc1-c1nc(C(=O)N2CCN(c3nc4cccnc4s3)CC2)cs1. The summed E-state index contributed by atoms with van der Waals surface area (Å²) in [4.78, 5) is 31.6. The van der Waals surface area contributed by atoms with Crippen LogP contribution in [0.2, 0.25) is 0 Å². The van der Waals surface area contributed by atoms with Crippen molar-refractivity contribution in [2.75, 3.05) is 38.2 Å². The Kier molecular flexibility index (Phi) is 5.06. The highest BCUT2D eigenvalue weighted by Gasteiger charge is 2.26. The van der Waals surface area contributed by atoms with Gasteiger partial charge in [0.15, 0.2) is 5.13 Å². The van der Waals surface area contributed by atoms with Crippen LogP contribution < -0.4 is 9.64 Å². The molecule has 1 saturated heterocycles. The van der Waals surface area contributed by atoms with Crippen LogP contribution in [0.3, 0.4) is 0 Å². The first-order valence-electron chi connectivity index (χ1n) is 9.57. The van der Waals surface area contributed by atoms with Crippen LogP contribution in [0.4, 0.5) is 5.13 Å². The lowest BCUT2D eigenvalue weighted by Gasteiger charge is -2.34. The zero-order chi connectivity index (χ0) is 20.5. The molecule has 1 amide bonds. The summed E-state index contributed by atoms with van der Waals surface area (Å²) in [6.45, 7) is 2.78. The molecule has 7 nitrogen and oxygen atoms in total. The average molecular weight is 438 g/mol. The smallest absolute Gasteiger partial charge is 0.273 e. The molecule has 4 aromatic rings. The lowest BCUT2D eigenvalue weighted by atomic mass is 10.2. The third kappa shape index (κ3) is 3.50. The van der Waals surface area contributed by atoms with Crippen LogP contribution in [0, 0.1) is 0 Å². The zero-order valence-corrected chi connectivity index (χ0v) is 17.9. The number of pyridine rings is 1. The molecule has 1 aromatic carbocycles. The number of hydrogen-bond donors (Lipinski definition) is 0. The van der Waals surface area contributed by atoms with Crippen LogP contribution >= 0.6 is 22.7 Å². The number of piperazine rings is 1. The largest absolute Gasteiger partial charge is 0.496 e. The molecule has 3 aromatic heterocycles. The van der Waals surface area contributed by atoms with E-state index < -0.39 is 0 Å². The van der Waals surface area contributed by atoms with Crippen molar-refractivity contribution in [1.82, 2.24) is 19.9 Å². The zero-order valence-electron chi connectivity index (χ0n) is 16.3. The number of carbonyl (C=O) groups excluding carboxylic acids is 1. The molecule has 0 bridgehead atoms. The first kappa shape index (κ1) is 19.0. The molecule has 152 valence electrons. The molecule has 0 N–H and O–H groups in total. The average Bonchev–Trinajstić information content (AvgIpc) is 3.46. The number of carbonyl (C=O) groups is 1. The van der Waals surface area contributed by atoms with Gasteiger partial charge in [-0.15, -0.1) is 11.3 Å². The van der Waals surface area contributed by atoms with Crippen LogP contribution in [0.25, 0.3) is 20.9 Å². The molecular formula is C21H19N5O2S2. The summed E-state index contributed by atoms with van der Waals surface area (Å²) in [5, 5.41) is 3.58. The van der Waals surface area contributed by atoms with E-state index in [0.29, 0.717) is 18.8 Å². The van der Waals surface area contributed by atoms with Gasteiger partial charge in [0.1, 0.15) is 26.8 Å². The molecule has 0 unspecified atom stereocenters. The Hall–Kier alpha value is -3.04. The van der Waals surface area contributed by atoms with Gasteiger partial charge in [-0.1, -0.05) is 23.5 Å². The van der Waals surface area contributed by atoms with E-state index in [1.807, 2.05) is 46.7 Å². The predicted molar refractivity (Wildman–Crippen MR) is 120 cm³/mol. The third-order valence-electron chi connectivity index (χ3n) is 5.05. The second kappa shape index (κ2) is 8.00. The van der Waals surface area contributed by atoms with E-state index in [2.05, 4.69) is 19.9 Å². The summed E-state index contributed by atoms with van der Waals surface area (Å²) in [5.41, 5.74) is 2.30. The Bertz CT molecular complexity index is 1160. The summed E-state index contributed by atoms with van der Waals surface area (Å²) in [5.74, 6) is 0.725. The van der Waals surface area contributed by atoms with Crippen molar-refractivity contribution in [3.05, 3.63) is 53.7 Å². The molecule has 1 fully saturated rings. The fourth-order valence-corrected chi connectivity index (χ4v) is 5.26. The number of thiazole rings is 2. The second-order valence-electron chi connectivity index (χ2n) is 6.84. The van der Waals surface area contributed by atoms with Crippen LogP contribution in [0.15, 0.2) is 48.0 Å². The van der Waals surface area contributed by atoms with E-state index in [1.165, 1.54) is 11.3 Å². The molecule has 0 atom stereocenters. The molecule has 30 heavy (non-hydrogen) atoms. The number of para-hydroxylation sites is 1. The van der Waals surface area contributed by atoms with Crippen molar-refractivity contribution in [2.24, 2.45) is 0 Å². The van der Waals surface area contributed by atoms with Crippen molar-refractivity contribution in [2.45, 2.75) is 0 Å². The number of aromatic nitrogens is 3. The topological polar surface area (TPSA) is 71.5 Å². The monoisotopic (exact) mass is 437 g/mol. The maximum absolute atomic E-state index is 13.0. The second-order valence-corrected chi connectivity index (χ2v) is 8.66. The molecular weight excluding hydrogens is 418 g/mol. The molecule has 1 aliphatic heterocycles. The number of benzene rings is 1. The van der Waals surface area contributed by atoms with Crippen molar-refractivity contribution >= 4 is 44.1 Å². The molecule has 0 aliphatic carbocycles. The summed E-state index contributed by atoms with van der Waals surface area (Å²) in [6.07, 6.45) is 1.79. The van der Waals surface area contributed by atoms with Gasteiger partial charge in [0.05, 0.1) is 12.7 Å². The minimum atomic E-state index is -0.0296. The van der Waals surface area contributed by atoms with Gasteiger partial charge < -0.3 is 14.5 Å². The van der Waals surface area contributed by atoms with E-state index in [4.69, 9.17) is 4.74 Å². The fourth-order valence-electron chi connectivity index (χ4n) is 3.47. The van der Waals surface area contributed by atoms with E-state index in [1.54, 1.807) is 24.6 Å². The van der Waals surface area contributed by atoms with Gasteiger partial charge in [-0.3, -0.25) is 4.79 Å². The summed E-state index contributed by atoms with van der Waals surface area (Å²) in [7, 11) is 1.64. The van der Waals surface area contributed by atoms with Crippen LogP contribution in [-0.2, 0) is 0 Å².